The predicted molar refractivity (Wildman–Crippen MR) is 59.7 cm³/mol. The minimum atomic E-state index is 0.849. The summed E-state index contributed by atoms with van der Waals surface area (Å²) in [6.45, 7) is 6.97. The fourth-order valence-corrected chi connectivity index (χ4v) is 1.15. The highest BCUT2D eigenvalue weighted by atomic mass is 16.5. The molecule has 0 unspecified atom stereocenters. The van der Waals surface area contributed by atoms with E-state index in [0.29, 0.717) is 0 Å². The first-order chi connectivity index (χ1) is 6.91. The molecule has 0 aliphatic heterocycles. The molecule has 0 saturated heterocycles. The molecule has 0 heterocycles. The summed E-state index contributed by atoms with van der Waals surface area (Å²) < 4.78 is 10.4. The first kappa shape index (κ1) is 13.9. The van der Waals surface area contributed by atoms with Crippen LogP contribution in [0, 0.1) is 0 Å². The summed E-state index contributed by atoms with van der Waals surface area (Å²) in [7, 11) is 1.74. The van der Waals surface area contributed by atoms with Gasteiger partial charge in [0.05, 0.1) is 0 Å². The lowest BCUT2D eigenvalue weighted by Gasteiger charge is -2.04. The van der Waals surface area contributed by atoms with Gasteiger partial charge >= 0.3 is 0 Å². The van der Waals surface area contributed by atoms with Crippen molar-refractivity contribution in [2.24, 2.45) is 0 Å². The number of ether oxygens (including phenoxy) is 2. The first-order valence-corrected chi connectivity index (χ1v) is 5.69. The molecule has 14 heavy (non-hydrogen) atoms. The van der Waals surface area contributed by atoms with Gasteiger partial charge in [-0.3, -0.25) is 0 Å². The summed E-state index contributed by atoms with van der Waals surface area (Å²) in [5.74, 6) is 0. The van der Waals surface area contributed by atoms with E-state index in [1.807, 2.05) is 0 Å². The van der Waals surface area contributed by atoms with Crippen molar-refractivity contribution < 1.29 is 9.47 Å². The number of hydrogen-bond acceptors (Lipinski definition) is 3. The Morgan fingerprint density at radius 1 is 0.929 bits per heavy atom. The molecule has 0 spiro atoms. The van der Waals surface area contributed by atoms with Crippen LogP contribution in [0.15, 0.2) is 0 Å². The second-order valence-electron chi connectivity index (χ2n) is 3.42. The summed E-state index contributed by atoms with van der Waals surface area (Å²) in [6, 6.07) is 0. The van der Waals surface area contributed by atoms with Crippen molar-refractivity contribution in [1.29, 1.82) is 0 Å². The fraction of sp³-hybridized carbons (Fsp3) is 1.00. The second-order valence-corrected chi connectivity index (χ2v) is 3.42. The lowest BCUT2D eigenvalue weighted by atomic mass is 10.3. The van der Waals surface area contributed by atoms with Crippen LogP contribution in [0.5, 0.6) is 0 Å². The van der Waals surface area contributed by atoms with Gasteiger partial charge in [-0.1, -0.05) is 6.92 Å². The predicted octanol–water partition coefficient (Wildman–Crippen LogP) is 1.82. The SMILES string of the molecule is CCCNCCCOCCCCOC. The third-order valence-corrected chi connectivity index (χ3v) is 1.96. The van der Waals surface area contributed by atoms with E-state index >= 15 is 0 Å². The minimum Gasteiger partial charge on any atom is -0.385 e. The van der Waals surface area contributed by atoms with E-state index in [1.54, 1.807) is 7.11 Å². The van der Waals surface area contributed by atoms with E-state index in [1.165, 1.54) is 6.42 Å². The molecule has 0 aliphatic rings. The van der Waals surface area contributed by atoms with Crippen LogP contribution in [0.3, 0.4) is 0 Å². The van der Waals surface area contributed by atoms with Crippen LogP contribution >= 0.6 is 0 Å². The van der Waals surface area contributed by atoms with Gasteiger partial charge in [0.1, 0.15) is 0 Å². The molecule has 0 amide bonds. The van der Waals surface area contributed by atoms with E-state index < -0.39 is 0 Å². The van der Waals surface area contributed by atoms with Crippen LogP contribution in [0.1, 0.15) is 32.6 Å². The van der Waals surface area contributed by atoms with Crippen LogP contribution in [0.2, 0.25) is 0 Å². The average Bonchev–Trinajstić information content (AvgIpc) is 2.21. The van der Waals surface area contributed by atoms with E-state index in [4.69, 9.17) is 9.47 Å². The molecule has 0 radical (unpaired) electrons. The van der Waals surface area contributed by atoms with Crippen LogP contribution in [0.25, 0.3) is 0 Å². The molecule has 0 aromatic rings. The molecule has 3 heteroatoms. The molecule has 0 saturated carbocycles. The summed E-state index contributed by atoms with van der Waals surface area (Å²) in [5.41, 5.74) is 0. The van der Waals surface area contributed by atoms with Gasteiger partial charge in [0.2, 0.25) is 0 Å². The Labute approximate surface area is 88.2 Å². The van der Waals surface area contributed by atoms with Crippen LogP contribution < -0.4 is 5.32 Å². The zero-order valence-corrected chi connectivity index (χ0v) is 9.68. The van der Waals surface area contributed by atoms with Crippen LogP contribution in [0.4, 0.5) is 0 Å². The summed E-state index contributed by atoms with van der Waals surface area (Å²) in [5, 5.41) is 3.35. The summed E-state index contributed by atoms with van der Waals surface area (Å²) in [4.78, 5) is 0. The first-order valence-electron chi connectivity index (χ1n) is 5.69. The number of rotatable bonds is 11. The van der Waals surface area contributed by atoms with Gasteiger partial charge in [0.15, 0.2) is 0 Å². The maximum absolute atomic E-state index is 5.46. The topological polar surface area (TPSA) is 30.5 Å². The van der Waals surface area contributed by atoms with Gasteiger partial charge in [-0.15, -0.1) is 0 Å². The monoisotopic (exact) mass is 203 g/mol. The van der Waals surface area contributed by atoms with E-state index in [0.717, 1.165) is 52.2 Å². The number of unbranched alkanes of at least 4 members (excludes halogenated alkanes) is 1. The molecular formula is C11H25NO2. The van der Waals surface area contributed by atoms with Crippen molar-refractivity contribution in [2.75, 3.05) is 40.0 Å². The third kappa shape index (κ3) is 11.9. The van der Waals surface area contributed by atoms with Gasteiger partial charge in [-0.05, 0) is 38.8 Å². The molecule has 0 rings (SSSR count). The second kappa shape index (κ2) is 12.9. The number of methoxy groups -OCH3 is 1. The van der Waals surface area contributed by atoms with Crippen molar-refractivity contribution in [3.63, 3.8) is 0 Å². The zero-order valence-electron chi connectivity index (χ0n) is 9.68. The standard InChI is InChI=1S/C11H25NO2/c1-3-7-12-8-6-11-14-10-5-4-9-13-2/h12H,3-11H2,1-2H3. The summed E-state index contributed by atoms with van der Waals surface area (Å²) >= 11 is 0. The Morgan fingerprint density at radius 2 is 1.64 bits per heavy atom. The van der Waals surface area contributed by atoms with Crippen molar-refractivity contribution in [1.82, 2.24) is 5.32 Å². The minimum absolute atomic E-state index is 0.849. The maximum atomic E-state index is 5.46. The molecule has 0 aromatic carbocycles. The Morgan fingerprint density at radius 3 is 2.36 bits per heavy atom. The Hall–Kier alpha value is -0.120. The molecule has 0 bridgehead atoms. The van der Waals surface area contributed by atoms with Crippen LogP contribution in [-0.2, 0) is 9.47 Å². The number of nitrogens with one attached hydrogen (secondary N) is 1. The van der Waals surface area contributed by atoms with E-state index in [2.05, 4.69) is 12.2 Å². The lowest BCUT2D eigenvalue weighted by molar-refractivity contribution is 0.117. The molecule has 3 nitrogen and oxygen atoms in total. The highest BCUT2D eigenvalue weighted by Crippen LogP contribution is 1.91. The number of hydrogen-bond donors (Lipinski definition) is 1. The van der Waals surface area contributed by atoms with Gasteiger partial charge < -0.3 is 14.8 Å². The smallest absolute Gasteiger partial charge is 0.0478 e. The Kier molecular flexibility index (Phi) is 12.8. The Balaban J connectivity index is 2.78. The lowest BCUT2D eigenvalue weighted by Crippen LogP contribution is -2.17. The van der Waals surface area contributed by atoms with Crippen molar-refractivity contribution in [3.8, 4) is 0 Å². The third-order valence-electron chi connectivity index (χ3n) is 1.96. The van der Waals surface area contributed by atoms with Crippen molar-refractivity contribution >= 4 is 0 Å². The fourth-order valence-electron chi connectivity index (χ4n) is 1.15. The molecule has 86 valence electrons. The highest BCUT2D eigenvalue weighted by Gasteiger charge is 1.90. The summed E-state index contributed by atoms with van der Waals surface area (Å²) in [6.07, 6.45) is 4.53. The van der Waals surface area contributed by atoms with Gasteiger partial charge in [0, 0.05) is 26.9 Å². The molecule has 1 N–H and O–H groups in total. The Bertz CT molecular complexity index is 87.3. The maximum Gasteiger partial charge on any atom is 0.0478 e. The highest BCUT2D eigenvalue weighted by molar-refractivity contribution is 4.45. The molecule has 0 aliphatic carbocycles. The molecule has 0 fully saturated rings. The molecular weight excluding hydrogens is 178 g/mol. The van der Waals surface area contributed by atoms with Crippen molar-refractivity contribution in [2.45, 2.75) is 32.6 Å². The zero-order chi connectivity index (χ0) is 10.5. The quantitative estimate of drug-likeness (QED) is 0.520. The normalized spacial score (nSPS) is 10.7. The van der Waals surface area contributed by atoms with Crippen LogP contribution in [-0.4, -0.2) is 40.0 Å². The largest absolute Gasteiger partial charge is 0.385 e. The van der Waals surface area contributed by atoms with Gasteiger partial charge in [0.25, 0.3) is 0 Å². The van der Waals surface area contributed by atoms with E-state index in [9.17, 15) is 0 Å². The van der Waals surface area contributed by atoms with Crippen molar-refractivity contribution in [3.05, 3.63) is 0 Å². The van der Waals surface area contributed by atoms with Gasteiger partial charge in [-0.25, -0.2) is 0 Å². The van der Waals surface area contributed by atoms with E-state index in [-0.39, 0.29) is 0 Å². The average molecular weight is 203 g/mol. The molecule has 0 aromatic heterocycles. The van der Waals surface area contributed by atoms with Gasteiger partial charge in [-0.2, -0.15) is 0 Å². The molecule has 0 atom stereocenters.